The molecule has 1 fully saturated rings. The Morgan fingerprint density at radius 3 is 2.36 bits per heavy atom. The average molecular weight is 335 g/mol. The summed E-state index contributed by atoms with van der Waals surface area (Å²) in [6.45, 7) is 6.51. The molecular formula is C21H22FN3. The van der Waals surface area contributed by atoms with Gasteiger partial charge < -0.3 is 4.90 Å². The van der Waals surface area contributed by atoms with E-state index in [9.17, 15) is 4.39 Å². The molecule has 1 aromatic heterocycles. The minimum atomic E-state index is -0.288. The molecule has 1 aliphatic rings. The molecule has 0 bridgehead atoms. The van der Waals surface area contributed by atoms with Crippen molar-refractivity contribution in [1.82, 2.24) is 9.97 Å². The maximum Gasteiger partial charge on any atom is 0.165 e. The molecule has 3 nitrogen and oxygen atoms in total. The van der Waals surface area contributed by atoms with Gasteiger partial charge in [0.25, 0.3) is 0 Å². The Hall–Kier alpha value is -2.49. The summed E-state index contributed by atoms with van der Waals surface area (Å²) in [4.78, 5) is 11.8. The first-order chi connectivity index (χ1) is 12.1. The van der Waals surface area contributed by atoms with Crippen molar-refractivity contribution in [3.8, 4) is 11.4 Å². The van der Waals surface area contributed by atoms with Crippen molar-refractivity contribution in [3.63, 3.8) is 0 Å². The van der Waals surface area contributed by atoms with E-state index >= 15 is 0 Å². The molecule has 1 saturated heterocycles. The number of aromatic nitrogens is 2. The molecule has 2 atom stereocenters. The molecular weight excluding hydrogens is 313 g/mol. The van der Waals surface area contributed by atoms with Crippen molar-refractivity contribution in [2.75, 3.05) is 18.0 Å². The van der Waals surface area contributed by atoms with E-state index < -0.39 is 0 Å². The highest BCUT2D eigenvalue weighted by molar-refractivity contribution is 5.91. The topological polar surface area (TPSA) is 29.0 Å². The lowest BCUT2D eigenvalue weighted by atomic mass is 9.92. The first-order valence-electron chi connectivity index (χ1n) is 8.88. The van der Waals surface area contributed by atoms with Crippen molar-refractivity contribution in [2.24, 2.45) is 11.8 Å². The van der Waals surface area contributed by atoms with Gasteiger partial charge >= 0.3 is 0 Å². The maximum absolute atomic E-state index is 14.3. The predicted molar refractivity (Wildman–Crippen MR) is 100 cm³/mol. The number of hydrogen-bond donors (Lipinski definition) is 0. The number of fused-ring (bicyclic) bond motifs is 1. The molecule has 0 saturated carbocycles. The molecule has 0 radical (unpaired) electrons. The van der Waals surface area contributed by atoms with Crippen molar-refractivity contribution in [3.05, 3.63) is 54.3 Å². The second-order valence-electron chi connectivity index (χ2n) is 7.22. The molecule has 1 aliphatic heterocycles. The number of rotatable bonds is 2. The first kappa shape index (κ1) is 16.0. The fourth-order valence-corrected chi connectivity index (χ4v) is 3.90. The predicted octanol–water partition coefficient (Wildman–Crippen LogP) is 4.92. The van der Waals surface area contributed by atoms with E-state index in [1.807, 2.05) is 24.3 Å². The van der Waals surface area contributed by atoms with Crippen LogP contribution >= 0.6 is 0 Å². The van der Waals surface area contributed by atoms with Crippen LogP contribution in [-0.2, 0) is 0 Å². The Morgan fingerprint density at radius 1 is 0.920 bits per heavy atom. The Kier molecular flexibility index (Phi) is 4.12. The Balaban J connectivity index is 1.89. The monoisotopic (exact) mass is 335 g/mol. The zero-order chi connectivity index (χ0) is 17.4. The quantitative estimate of drug-likeness (QED) is 0.666. The molecule has 0 aliphatic carbocycles. The first-order valence-corrected chi connectivity index (χ1v) is 8.88. The van der Waals surface area contributed by atoms with Crippen LogP contribution in [0.4, 0.5) is 10.2 Å². The maximum atomic E-state index is 14.3. The van der Waals surface area contributed by atoms with Gasteiger partial charge in [0.15, 0.2) is 5.82 Å². The number of nitrogens with zero attached hydrogens (tertiary/aromatic N) is 3. The van der Waals surface area contributed by atoms with Gasteiger partial charge in [0.05, 0.1) is 11.1 Å². The molecule has 0 spiro atoms. The largest absolute Gasteiger partial charge is 0.355 e. The molecule has 0 N–H and O–H groups in total. The number of benzene rings is 2. The zero-order valence-corrected chi connectivity index (χ0v) is 14.6. The highest BCUT2D eigenvalue weighted by atomic mass is 19.1. The van der Waals surface area contributed by atoms with E-state index in [0.29, 0.717) is 23.2 Å². The van der Waals surface area contributed by atoms with Crippen LogP contribution < -0.4 is 4.90 Å². The SMILES string of the molecule is C[C@@H]1C[C@H](C)CN(c2nc(-c3ccccc3F)nc3ccccc23)C1. The number of halogens is 1. The number of hydrogen-bond acceptors (Lipinski definition) is 3. The van der Waals surface area contributed by atoms with Gasteiger partial charge in [0, 0.05) is 18.5 Å². The number of piperidine rings is 1. The summed E-state index contributed by atoms with van der Waals surface area (Å²) in [6, 6.07) is 14.7. The Labute approximate surface area is 147 Å². The van der Waals surface area contributed by atoms with E-state index in [4.69, 9.17) is 4.98 Å². The number of anilines is 1. The molecule has 4 rings (SSSR count). The van der Waals surface area contributed by atoms with Crippen LogP contribution in [0.3, 0.4) is 0 Å². The molecule has 3 aromatic rings. The Morgan fingerprint density at radius 2 is 1.60 bits per heavy atom. The van der Waals surface area contributed by atoms with Crippen LogP contribution in [0.1, 0.15) is 20.3 Å². The molecule has 0 unspecified atom stereocenters. The minimum Gasteiger partial charge on any atom is -0.355 e. The van der Waals surface area contributed by atoms with Crippen LogP contribution in [0.5, 0.6) is 0 Å². The molecule has 128 valence electrons. The standard InChI is InChI=1S/C21H22FN3/c1-14-11-15(2)13-25(12-14)21-17-8-4-6-10-19(17)23-20(24-21)16-7-3-5-9-18(16)22/h3-10,14-15H,11-13H2,1-2H3/t14-,15+. The fraction of sp³-hybridized carbons (Fsp3) is 0.333. The lowest BCUT2D eigenvalue weighted by Gasteiger charge is -2.36. The lowest BCUT2D eigenvalue weighted by molar-refractivity contribution is 0.356. The summed E-state index contributed by atoms with van der Waals surface area (Å²) in [6.07, 6.45) is 1.24. The second-order valence-corrected chi connectivity index (χ2v) is 7.22. The third kappa shape index (κ3) is 3.09. The molecule has 2 heterocycles. The van der Waals surface area contributed by atoms with Gasteiger partial charge in [-0.05, 0) is 42.5 Å². The van der Waals surface area contributed by atoms with Crippen LogP contribution in [-0.4, -0.2) is 23.1 Å². The molecule has 0 amide bonds. The normalized spacial score (nSPS) is 20.8. The van der Waals surface area contributed by atoms with E-state index in [1.54, 1.807) is 12.1 Å². The van der Waals surface area contributed by atoms with Crippen LogP contribution in [0.2, 0.25) is 0 Å². The van der Waals surface area contributed by atoms with Crippen molar-refractivity contribution in [2.45, 2.75) is 20.3 Å². The summed E-state index contributed by atoms with van der Waals surface area (Å²) >= 11 is 0. The van der Waals surface area contributed by atoms with Crippen molar-refractivity contribution < 1.29 is 4.39 Å². The second kappa shape index (κ2) is 6.43. The summed E-state index contributed by atoms with van der Waals surface area (Å²) in [5.74, 6) is 2.33. The van der Waals surface area contributed by atoms with E-state index in [0.717, 1.165) is 29.8 Å². The van der Waals surface area contributed by atoms with Gasteiger partial charge in [-0.1, -0.05) is 38.1 Å². The third-order valence-electron chi connectivity index (χ3n) is 4.87. The van der Waals surface area contributed by atoms with Crippen molar-refractivity contribution >= 4 is 16.7 Å². The van der Waals surface area contributed by atoms with E-state index in [-0.39, 0.29) is 5.82 Å². The van der Waals surface area contributed by atoms with Gasteiger partial charge in [0.1, 0.15) is 11.6 Å². The van der Waals surface area contributed by atoms with Gasteiger partial charge in [-0.3, -0.25) is 0 Å². The molecule has 4 heteroatoms. The lowest BCUT2D eigenvalue weighted by Crippen LogP contribution is -2.39. The van der Waals surface area contributed by atoms with Gasteiger partial charge in [0.2, 0.25) is 0 Å². The van der Waals surface area contributed by atoms with E-state index in [1.165, 1.54) is 12.5 Å². The third-order valence-corrected chi connectivity index (χ3v) is 4.87. The highest BCUT2D eigenvalue weighted by Crippen LogP contribution is 2.32. The van der Waals surface area contributed by atoms with Gasteiger partial charge in [-0.25, -0.2) is 14.4 Å². The Bertz CT molecular complexity index is 899. The van der Waals surface area contributed by atoms with E-state index in [2.05, 4.69) is 29.8 Å². The van der Waals surface area contributed by atoms with Gasteiger partial charge in [-0.2, -0.15) is 0 Å². The van der Waals surface area contributed by atoms with Crippen LogP contribution in [0.15, 0.2) is 48.5 Å². The smallest absolute Gasteiger partial charge is 0.165 e. The summed E-state index contributed by atoms with van der Waals surface area (Å²) in [5.41, 5.74) is 1.31. The molecule has 2 aromatic carbocycles. The average Bonchev–Trinajstić information content (AvgIpc) is 2.60. The van der Waals surface area contributed by atoms with Crippen molar-refractivity contribution in [1.29, 1.82) is 0 Å². The minimum absolute atomic E-state index is 0.288. The number of para-hydroxylation sites is 1. The highest BCUT2D eigenvalue weighted by Gasteiger charge is 2.25. The molecule has 25 heavy (non-hydrogen) atoms. The fourth-order valence-electron chi connectivity index (χ4n) is 3.90. The van der Waals surface area contributed by atoms with Crippen LogP contribution in [0.25, 0.3) is 22.3 Å². The summed E-state index contributed by atoms with van der Waals surface area (Å²) in [5, 5.41) is 1.03. The van der Waals surface area contributed by atoms with Gasteiger partial charge in [-0.15, -0.1) is 0 Å². The summed E-state index contributed by atoms with van der Waals surface area (Å²) in [7, 11) is 0. The summed E-state index contributed by atoms with van der Waals surface area (Å²) < 4.78 is 14.3. The van der Waals surface area contributed by atoms with Crippen LogP contribution in [0, 0.1) is 17.7 Å². The zero-order valence-electron chi connectivity index (χ0n) is 14.6.